The lowest BCUT2D eigenvalue weighted by atomic mass is 10.2. The van der Waals surface area contributed by atoms with Gasteiger partial charge in [-0.25, -0.2) is 0 Å². The van der Waals surface area contributed by atoms with E-state index in [-0.39, 0.29) is 6.10 Å². The van der Waals surface area contributed by atoms with Crippen molar-refractivity contribution in [3.8, 4) is 11.5 Å². The van der Waals surface area contributed by atoms with Crippen LogP contribution in [0.15, 0.2) is 28.7 Å². The highest BCUT2D eigenvalue weighted by Crippen LogP contribution is 2.35. The SMILES string of the molecule is CCCNCc1nnc(C2COc3ccccc3O2)o1. The van der Waals surface area contributed by atoms with Crippen LogP contribution in [0.2, 0.25) is 0 Å². The second kappa shape index (κ2) is 5.92. The normalized spacial score (nSPS) is 17.1. The van der Waals surface area contributed by atoms with Crippen LogP contribution in [0.5, 0.6) is 11.5 Å². The van der Waals surface area contributed by atoms with E-state index in [0.29, 0.717) is 30.7 Å². The molecule has 0 fully saturated rings. The maximum absolute atomic E-state index is 5.82. The Labute approximate surface area is 117 Å². The maximum atomic E-state index is 5.82. The third kappa shape index (κ3) is 2.75. The van der Waals surface area contributed by atoms with Crippen molar-refractivity contribution in [2.24, 2.45) is 0 Å². The fraction of sp³-hybridized carbons (Fsp3) is 0.429. The molecule has 0 aliphatic carbocycles. The summed E-state index contributed by atoms with van der Waals surface area (Å²) < 4.78 is 17.0. The molecule has 20 heavy (non-hydrogen) atoms. The second-order valence-electron chi connectivity index (χ2n) is 4.58. The van der Waals surface area contributed by atoms with E-state index >= 15 is 0 Å². The van der Waals surface area contributed by atoms with Crippen molar-refractivity contribution in [3.05, 3.63) is 36.0 Å². The zero-order valence-corrected chi connectivity index (χ0v) is 11.3. The number of hydrogen-bond donors (Lipinski definition) is 1. The summed E-state index contributed by atoms with van der Waals surface area (Å²) in [6, 6.07) is 7.55. The Balaban J connectivity index is 1.66. The van der Waals surface area contributed by atoms with Crippen molar-refractivity contribution in [1.82, 2.24) is 15.5 Å². The fourth-order valence-corrected chi connectivity index (χ4v) is 1.98. The van der Waals surface area contributed by atoms with Gasteiger partial charge in [-0.15, -0.1) is 10.2 Å². The highest BCUT2D eigenvalue weighted by Gasteiger charge is 2.27. The Morgan fingerprint density at radius 3 is 2.95 bits per heavy atom. The molecule has 0 amide bonds. The number of fused-ring (bicyclic) bond motifs is 1. The molecule has 0 saturated carbocycles. The van der Waals surface area contributed by atoms with Gasteiger partial charge in [-0.2, -0.15) is 0 Å². The maximum Gasteiger partial charge on any atom is 0.260 e. The fourth-order valence-electron chi connectivity index (χ4n) is 1.98. The van der Waals surface area contributed by atoms with Crippen LogP contribution in [0.1, 0.15) is 31.2 Å². The number of aromatic nitrogens is 2. The molecule has 1 unspecified atom stereocenters. The smallest absolute Gasteiger partial charge is 0.260 e. The predicted octanol–water partition coefficient (Wildman–Crippen LogP) is 2.08. The van der Waals surface area contributed by atoms with E-state index in [2.05, 4.69) is 22.4 Å². The minimum atomic E-state index is -0.350. The Morgan fingerprint density at radius 1 is 1.25 bits per heavy atom. The van der Waals surface area contributed by atoms with E-state index in [1.165, 1.54) is 0 Å². The highest BCUT2D eigenvalue weighted by atomic mass is 16.6. The summed E-state index contributed by atoms with van der Waals surface area (Å²) in [7, 11) is 0. The van der Waals surface area contributed by atoms with Gasteiger partial charge < -0.3 is 19.2 Å². The first-order valence-electron chi connectivity index (χ1n) is 6.78. The number of hydrogen-bond acceptors (Lipinski definition) is 6. The molecular weight excluding hydrogens is 258 g/mol. The van der Waals surface area contributed by atoms with Crippen LogP contribution < -0.4 is 14.8 Å². The van der Waals surface area contributed by atoms with Gasteiger partial charge in [-0.3, -0.25) is 0 Å². The molecule has 1 aliphatic rings. The first kappa shape index (κ1) is 12.9. The van der Waals surface area contributed by atoms with Crippen molar-refractivity contribution < 1.29 is 13.9 Å². The largest absolute Gasteiger partial charge is 0.485 e. The Kier molecular flexibility index (Phi) is 3.83. The zero-order chi connectivity index (χ0) is 13.8. The van der Waals surface area contributed by atoms with Gasteiger partial charge in [0.1, 0.15) is 6.61 Å². The summed E-state index contributed by atoms with van der Waals surface area (Å²) in [6.07, 6.45) is 0.717. The molecule has 0 radical (unpaired) electrons. The van der Waals surface area contributed by atoms with Crippen LogP contribution in [0.4, 0.5) is 0 Å². The number of nitrogens with zero attached hydrogens (tertiary/aromatic N) is 2. The first-order chi connectivity index (χ1) is 9.86. The quantitative estimate of drug-likeness (QED) is 0.842. The van der Waals surface area contributed by atoms with Crippen LogP contribution in [0.25, 0.3) is 0 Å². The monoisotopic (exact) mass is 275 g/mol. The molecule has 3 rings (SSSR count). The molecule has 6 nitrogen and oxygen atoms in total. The van der Waals surface area contributed by atoms with Gasteiger partial charge in [0.25, 0.3) is 5.89 Å². The molecule has 6 heteroatoms. The molecule has 0 bridgehead atoms. The molecule has 1 aromatic carbocycles. The Hall–Kier alpha value is -2.08. The number of para-hydroxylation sites is 2. The highest BCUT2D eigenvalue weighted by molar-refractivity contribution is 5.40. The average Bonchev–Trinajstić information content (AvgIpc) is 2.96. The van der Waals surface area contributed by atoms with Gasteiger partial charge in [0.2, 0.25) is 12.0 Å². The molecular formula is C14H17N3O3. The van der Waals surface area contributed by atoms with E-state index in [0.717, 1.165) is 18.7 Å². The van der Waals surface area contributed by atoms with Crippen LogP contribution >= 0.6 is 0 Å². The van der Waals surface area contributed by atoms with E-state index in [1.807, 2.05) is 24.3 Å². The van der Waals surface area contributed by atoms with Crippen molar-refractivity contribution in [2.45, 2.75) is 26.0 Å². The summed E-state index contributed by atoms with van der Waals surface area (Å²) in [5.74, 6) is 2.46. The van der Waals surface area contributed by atoms with Crippen LogP contribution in [-0.2, 0) is 6.54 Å². The lowest BCUT2D eigenvalue weighted by molar-refractivity contribution is 0.0703. The average molecular weight is 275 g/mol. The molecule has 0 saturated heterocycles. The second-order valence-corrected chi connectivity index (χ2v) is 4.58. The van der Waals surface area contributed by atoms with Gasteiger partial charge in [0.05, 0.1) is 6.54 Å². The molecule has 1 aromatic heterocycles. The molecule has 106 valence electrons. The van der Waals surface area contributed by atoms with Crippen LogP contribution in [0.3, 0.4) is 0 Å². The van der Waals surface area contributed by atoms with E-state index < -0.39 is 0 Å². The molecule has 1 N–H and O–H groups in total. The lowest BCUT2D eigenvalue weighted by Crippen LogP contribution is -2.21. The summed E-state index contributed by atoms with van der Waals surface area (Å²) >= 11 is 0. The third-order valence-electron chi connectivity index (χ3n) is 2.97. The summed E-state index contributed by atoms with van der Waals surface area (Å²) in [5.41, 5.74) is 0. The summed E-state index contributed by atoms with van der Waals surface area (Å²) in [6.45, 7) is 3.98. The molecule has 2 aromatic rings. The van der Waals surface area contributed by atoms with Gasteiger partial charge >= 0.3 is 0 Å². The molecule has 1 aliphatic heterocycles. The number of ether oxygens (including phenoxy) is 2. The number of benzene rings is 1. The number of rotatable bonds is 5. The standard InChI is InChI=1S/C14H17N3O3/c1-2-7-15-8-13-16-17-14(20-13)12-9-18-10-5-3-4-6-11(10)19-12/h3-6,12,15H,2,7-9H2,1H3. The topological polar surface area (TPSA) is 69.4 Å². The van der Waals surface area contributed by atoms with Crippen molar-refractivity contribution in [1.29, 1.82) is 0 Å². The Bertz CT molecular complexity index is 570. The van der Waals surface area contributed by atoms with E-state index in [9.17, 15) is 0 Å². The number of nitrogens with one attached hydrogen (secondary N) is 1. The van der Waals surface area contributed by atoms with E-state index in [1.54, 1.807) is 0 Å². The van der Waals surface area contributed by atoms with Crippen molar-refractivity contribution in [2.75, 3.05) is 13.2 Å². The van der Waals surface area contributed by atoms with Crippen LogP contribution in [0, 0.1) is 0 Å². The predicted molar refractivity (Wildman–Crippen MR) is 71.6 cm³/mol. The summed E-state index contributed by atoms with van der Waals surface area (Å²) in [4.78, 5) is 0. The molecule has 0 spiro atoms. The lowest BCUT2D eigenvalue weighted by Gasteiger charge is -2.23. The zero-order valence-electron chi connectivity index (χ0n) is 11.3. The third-order valence-corrected chi connectivity index (χ3v) is 2.97. The molecule has 1 atom stereocenters. The van der Waals surface area contributed by atoms with Crippen LogP contribution in [-0.4, -0.2) is 23.3 Å². The van der Waals surface area contributed by atoms with Crippen molar-refractivity contribution in [3.63, 3.8) is 0 Å². The van der Waals surface area contributed by atoms with E-state index in [4.69, 9.17) is 13.9 Å². The van der Waals surface area contributed by atoms with Gasteiger partial charge in [0, 0.05) is 0 Å². The van der Waals surface area contributed by atoms with Gasteiger partial charge in [-0.05, 0) is 25.1 Å². The summed E-state index contributed by atoms with van der Waals surface area (Å²) in [5, 5.41) is 11.2. The van der Waals surface area contributed by atoms with Crippen molar-refractivity contribution >= 4 is 0 Å². The minimum absolute atomic E-state index is 0.350. The first-order valence-corrected chi connectivity index (χ1v) is 6.78. The van der Waals surface area contributed by atoms with Gasteiger partial charge in [0.15, 0.2) is 11.5 Å². The van der Waals surface area contributed by atoms with Gasteiger partial charge in [-0.1, -0.05) is 19.1 Å². The molecule has 2 heterocycles. The minimum Gasteiger partial charge on any atom is -0.485 e. The Morgan fingerprint density at radius 2 is 2.10 bits per heavy atom.